The molecule has 0 fully saturated rings. The number of alkyl carbamates (subject to hydrolysis) is 1. The number of carboxylic acid groups (broad SMARTS) is 1. The minimum Gasteiger partial charge on any atom is -0.508 e. The maximum absolute atomic E-state index is 12.8. The second-order valence-corrected chi connectivity index (χ2v) is 7.34. The zero-order valence-corrected chi connectivity index (χ0v) is 17.6. The van der Waals surface area contributed by atoms with Gasteiger partial charge in [-0.25, -0.2) is 9.59 Å². The van der Waals surface area contributed by atoms with E-state index in [1.807, 2.05) is 37.3 Å². The Labute approximate surface area is 181 Å². The number of hydrogen-bond donors (Lipinski definition) is 4. The lowest BCUT2D eigenvalue weighted by Gasteiger charge is -2.25. The van der Waals surface area contributed by atoms with Crippen LogP contribution in [-0.2, 0) is 27.4 Å². The van der Waals surface area contributed by atoms with Crippen molar-refractivity contribution >= 4 is 18.0 Å². The molecule has 0 aliphatic carbocycles. The summed E-state index contributed by atoms with van der Waals surface area (Å²) in [5.41, 5.74) is 1.45. The number of carbonyl (C=O) groups excluding carboxylic acids is 2. The van der Waals surface area contributed by atoms with Crippen LogP contribution < -0.4 is 10.6 Å². The average molecular weight is 428 g/mol. The van der Waals surface area contributed by atoms with Gasteiger partial charge in [-0.2, -0.15) is 0 Å². The number of hydrogen-bond acceptors (Lipinski definition) is 5. The van der Waals surface area contributed by atoms with Crippen LogP contribution >= 0.6 is 0 Å². The van der Waals surface area contributed by atoms with Gasteiger partial charge in [0.05, 0.1) is 0 Å². The number of carboxylic acids is 1. The Hall–Kier alpha value is -3.55. The van der Waals surface area contributed by atoms with E-state index in [4.69, 9.17) is 4.74 Å². The molecule has 0 heterocycles. The standard InChI is InChI=1S/C23H28N2O6/c1-3-15(2)20(25-23(30)31-14-17-7-5-4-6-8-17)21(27)24-19(22(28)29)13-16-9-11-18(26)12-10-16/h4-12,15,19-20,26H,3,13-14H2,1-2H3,(H,24,27)(H,25,30)(H,28,29)/t15-,19-,20+/m0/s1. The zero-order chi connectivity index (χ0) is 22.8. The number of carbonyl (C=O) groups is 3. The van der Waals surface area contributed by atoms with E-state index < -0.39 is 30.1 Å². The molecule has 8 nitrogen and oxygen atoms in total. The molecule has 3 atom stereocenters. The van der Waals surface area contributed by atoms with E-state index >= 15 is 0 Å². The van der Waals surface area contributed by atoms with Crippen molar-refractivity contribution in [2.24, 2.45) is 5.92 Å². The second-order valence-electron chi connectivity index (χ2n) is 7.34. The van der Waals surface area contributed by atoms with Crippen LogP contribution in [0.25, 0.3) is 0 Å². The molecular formula is C23H28N2O6. The van der Waals surface area contributed by atoms with Crippen molar-refractivity contribution in [3.63, 3.8) is 0 Å². The second kappa shape index (κ2) is 11.6. The van der Waals surface area contributed by atoms with Crippen molar-refractivity contribution in [1.82, 2.24) is 10.6 Å². The Morgan fingerprint density at radius 3 is 2.19 bits per heavy atom. The highest BCUT2D eigenvalue weighted by Crippen LogP contribution is 2.13. The molecule has 0 spiro atoms. The lowest BCUT2D eigenvalue weighted by molar-refractivity contribution is -0.142. The average Bonchev–Trinajstić information content (AvgIpc) is 2.77. The van der Waals surface area contributed by atoms with Crippen LogP contribution in [0.1, 0.15) is 31.4 Å². The van der Waals surface area contributed by atoms with Crippen LogP contribution in [0, 0.1) is 5.92 Å². The van der Waals surface area contributed by atoms with E-state index in [-0.39, 0.29) is 24.7 Å². The van der Waals surface area contributed by atoms with E-state index in [9.17, 15) is 24.6 Å². The zero-order valence-electron chi connectivity index (χ0n) is 17.6. The van der Waals surface area contributed by atoms with Gasteiger partial charge in [0.1, 0.15) is 24.4 Å². The van der Waals surface area contributed by atoms with Crippen molar-refractivity contribution < 1.29 is 29.3 Å². The molecule has 2 aromatic rings. The van der Waals surface area contributed by atoms with Gasteiger partial charge in [0, 0.05) is 6.42 Å². The Kier molecular flexibility index (Phi) is 8.87. The van der Waals surface area contributed by atoms with E-state index in [2.05, 4.69) is 10.6 Å². The minimum absolute atomic E-state index is 0.0348. The summed E-state index contributed by atoms with van der Waals surface area (Å²) >= 11 is 0. The molecule has 4 N–H and O–H groups in total. The molecule has 2 rings (SSSR count). The first-order chi connectivity index (χ1) is 14.8. The Bertz CT molecular complexity index is 869. The maximum atomic E-state index is 12.8. The number of nitrogens with one attached hydrogen (secondary N) is 2. The molecule has 31 heavy (non-hydrogen) atoms. The van der Waals surface area contributed by atoms with Crippen molar-refractivity contribution in [1.29, 1.82) is 0 Å². The lowest BCUT2D eigenvalue weighted by Crippen LogP contribution is -2.54. The number of amides is 2. The minimum atomic E-state index is -1.20. The third-order valence-electron chi connectivity index (χ3n) is 4.97. The summed E-state index contributed by atoms with van der Waals surface area (Å²) in [4.78, 5) is 36.7. The predicted molar refractivity (Wildman–Crippen MR) is 114 cm³/mol. The molecule has 2 aromatic carbocycles. The molecule has 0 saturated carbocycles. The predicted octanol–water partition coefficient (Wildman–Crippen LogP) is 2.85. The number of phenols is 1. The number of phenolic OH excluding ortho intramolecular Hbond substituents is 1. The van der Waals surface area contributed by atoms with Crippen LogP contribution in [0.3, 0.4) is 0 Å². The van der Waals surface area contributed by atoms with Crippen molar-refractivity contribution in [2.45, 2.75) is 45.4 Å². The summed E-state index contributed by atoms with van der Waals surface area (Å²) in [5.74, 6) is -1.98. The van der Waals surface area contributed by atoms with Gasteiger partial charge in [0.15, 0.2) is 0 Å². The summed E-state index contributed by atoms with van der Waals surface area (Å²) in [6.07, 6.45) is -0.130. The van der Waals surface area contributed by atoms with Gasteiger partial charge < -0.3 is 25.6 Å². The number of rotatable bonds is 10. The topological polar surface area (TPSA) is 125 Å². The molecule has 2 amide bonds. The molecule has 0 bridgehead atoms. The van der Waals surface area contributed by atoms with Gasteiger partial charge >= 0.3 is 12.1 Å². The lowest BCUT2D eigenvalue weighted by atomic mass is 9.97. The molecule has 166 valence electrons. The molecule has 0 aliphatic heterocycles. The number of benzene rings is 2. The highest BCUT2D eigenvalue weighted by atomic mass is 16.5. The van der Waals surface area contributed by atoms with Gasteiger partial charge in [-0.3, -0.25) is 4.79 Å². The van der Waals surface area contributed by atoms with E-state index in [0.29, 0.717) is 12.0 Å². The molecule has 0 aliphatic rings. The number of aliphatic carboxylic acids is 1. The van der Waals surface area contributed by atoms with Gasteiger partial charge in [-0.15, -0.1) is 0 Å². The van der Waals surface area contributed by atoms with Crippen LogP contribution in [-0.4, -0.2) is 40.3 Å². The quantitative estimate of drug-likeness (QED) is 0.461. The molecule has 0 saturated heterocycles. The van der Waals surface area contributed by atoms with Gasteiger partial charge in [-0.05, 0) is 29.2 Å². The van der Waals surface area contributed by atoms with Gasteiger partial charge in [0.25, 0.3) is 0 Å². The summed E-state index contributed by atoms with van der Waals surface area (Å²) in [5, 5.41) is 24.0. The Morgan fingerprint density at radius 1 is 0.968 bits per heavy atom. The van der Waals surface area contributed by atoms with Crippen LogP contribution in [0.2, 0.25) is 0 Å². The fourth-order valence-electron chi connectivity index (χ4n) is 2.92. The van der Waals surface area contributed by atoms with E-state index in [1.165, 1.54) is 12.1 Å². The summed E-state index contributed by atoms with van der Waals surface area (Å²) < 4.78 is 5.19. The van der Waals surface area contributed by atoms with Crippen LogP contribution in [0.4, 0.5) is 4.79 Å². The van der Waals surface area contributed by atoms with Gasteiger partial charge in [-0.1, -0.05) is 62.7 Å². The van der Waals surface area contributed by atoms with Crippen LogP contribution in [0.15, 0.2) is 54.6 Å². The molecule has 0 radical (unpaired) electrons. The van der Waals surface area contributed by atoms with Gasteiger partial charge in [0.2, 0.25) is 5.91 Å². The monoisotopic (exact) mass is 428 g/mol. The normalized spacial score (nSPS) is 13.5. The smallest absolute Gasteiger partial charge is 0.408 e. The first-order valence-corrected chi connectivity index (χ1v) is 10.1. The van der Waals surface area contributed by atoms with E-state index in [1.54, 1.807) is 19.1 Å². The Balaban J connectivity index is 2.01. The fraction of sp³-hybridized carbons (Fsp3) is 0.348. The first kappa shape index (κ1) is 23.7. The maximum Gasteiger partial charge on any atom is 0.408 e. The van der Waals surface area contributed by atoms with Crippen molar-refractivity contribution in [3.05, 3.63) is 65.7 Å². The molecule has 8 heteroatoms. The summed E-state index contributed by atoms with van der Waals surface area (Å²) in [6, 6.07) is 13.1. The van der Waals surface area contributed by atoms with E-state index in [0.717, 1.165) is 5.56 Å². The highest BCUT2D eigenvalue weighted by Gasteiger charge is 2.30. The fourth-order valence-corrected chi connectivity index (χ4v) is 2.92. The molecule has 0 aromatic heterocycles. The summed E-state index contributed by atoms with van der Waals surface area (Å²) in [6.45, 7) is 3.71. The third kappa shape index (κ3) is 7.65. The largest absolute Gasteiger partial charge is 0.508 e. The third-order valence-corrected chi connectivity index (χ3v) is 4.97. The Morgan fingerprint density at radius 2 is 1.61 bits per heavy atom. The first-order valence-electron chi connectivity index (χ1n) is 10.1. The molecular weight excluding hydrogens is 400 g/mol. The summed E-state index contributed by atoms with van der Waals surface area (Å²) in [7, 11) is 0. The van der Waals surface area contributed by atoms with Crippen molar-refractivity contribution in [2.75, 3.05) is 0 Å². The van der Waals surface area contributed by atoms with Crippen LogP contribution in [0.5, 0.6) is 5.75 Å². The number of aromatic hydroxyl groups is 1. The number of ether oxygens (including phenoxy) is 1. The molecule has 0 unspecified atom stereocenters. The van der Waals surface area contributed by atoms with Crippen molar-refractivity contribution in [3.8, 4) is 5.75 Å². The highest BCUT2D eigenvalue weighted by molar-refractivity contribution is 5.89. The SMILES string of the molecule is CC[C@H](C)[C@@H](NC(=O)OCc1ccccc1)C(=O)N[C@@H](Cc1ccc(O)cc1)C(=O)O.